The van der Waals surface area contributed by atoms with Gasteiger partial charge in [-0.1, -0.05) is 35.9 Å². The lowest BCUT2D eigenvalue weighted by atomic mass is 10.2. The summed E-state index contributed by atoms with van der Waals surface area (Å²) in [7, 11) is 1.73. The molecule has 0 aliphatic carbocycles. The van der Waals surface area contributed by atoms with Gasteiger partial charge in [0, 0.05) is 24.3 Å². The van der Waals surface area contributed by atoms with E-state index in [9.17, 15) is 9.59 Å². The van der Waals surface area contributed by atoms with Gasteiger partial charge in [-0.05, 0) is 47.9 Å². The highest BCUT2D eigenvalue weighted by atomic mass is 35.5. The normalized spacial score (nSPS) is 10.4. The maximum atomic E-state index is 12.3. The monoisotopic (exact) mass is 412 g/mol. The van der Waals surface area contributed by atoms with Gasteiger partial charge in [-0.25, -0.2) is 4.79 Å². The molecule has 0 unspecified atom stereocenters. The van der Waals surface area contributed by atoms with Gasteiger partial charge in [0.15, 0.2) is 0 Å². The number of amides is 2. The number of carbonyl (C=O) groups is 2. The van der Waals surface area contributed by atoms with Gasteiger partial charge in [0.05, 0.1) is 6.20 Å². The number of ether oxygens (including phenoxy) is 1. The van der Waals surface area contributed by atoms with Gasteiger partial charge in [-0.2, -0.15) is 5.10 Å². The second-order valence-electron chi connectivity index (χ2n) is 6.51. The predicted molar refractivity (Wildman–Crippen MR) is 111 cm³/mol. The maximum absolute atomic E-state index is 12.3. The molecule has 29 heavy (non-hydrogen) atoms. The van der Waals surface area contributed by atoms with Gasteiger partial charge in [-0.3, -0.25) is 14.8 Å². The molecule has 3 aromatic rings. The summed E-state index contributed by atoms with van der Waals surface area (Å²) in [4.78, 5) is 24.2. The Hall–Kier alpha value is -3.32. The minimum absolute atomic E-state index is 0.153. The summed E-state index contributed by atoms with van der Waals surface area (Å²) in [6.07, 6.45) is 1.11. The second kappa shape index (κ2) is 9.25. The van der Waals surface area contributed by atoms with Crippen molar-refractivity contribution >= 4 is 29.3 Å². The molecule has 1 aromatic heterocycles. The Balaban J connectivity index is 1.47. The van der Waals surface area contributed by atoms with Crippen LogP contribution in [-0.2, 0) is 24.9 Å². The Bertz CT molecular complexity index is 978. The average Bonchev–Trinajstić information content (AvgIpc) is 3.05. The van der Waals surface area contributed by atoms with E-state index in [0.29, 0.717) is 22.9 Å². The van der Waals surface area contributed by atoms with Crippen molar-refractivity contribution in [1.29, 1.82) is 0 Å². The lowest BCUT2D eigenvalue weighted by Gasteiger charge is -2.09. The van der Waals surface area contributed by atoms with Crippen LogP contribution < -0.4 is 10.6 Å². The fourth-order valence-corrected chi connectivity index (χ4v) is 2.85. The first-order chi connectivity index (χ1) is 13.9. The molecule has 2 amide bonds. The van der Waals surface area contributed by atoms with Crippen molar-refractivity contribution in [3.05, 3.63) is 82.1 Å². The fraction of sp³-hybridized carbons (Fsp3) is 0.190. The number of aromatic nitrogens is 2. The molecule has 0 bridgehead atoms. The van der Waals surface area contributed by atoms with Crippen molar-refractivity contribution < 1.29 is 14.3 Å². The van der Waals surface area contributed by atoms with Crippen molar-refractivity contribution in [3.8, 4) is 0 Å². The van der Waals surface area contributed by atoms with E-state index in [0.717, 1.165) is 16.7 Å². The Morgan fingerprint density at radius 1 is 1.07 bits per heavy atom. The zero-order valence-corrected chi connectivity index (χ0v) is 16.9. The first kappa shape index (κ1) is 20.4. The van der Waals surface area contributed by atoms with Gasteiger partial charge in [0.25, 0.3) is 5.91 Å². The SMILES string of the molecule is Cc1cnn(C)c1C(=O)NCc1ccc(NC(=O)OCc2ccc(Cl)cc2)cc1. The second-order valence-corrected chi connectivity index (χ2v) is 6.94. The number of anilines is 1. The van der Waals surface area contributed by atoms with Gasteiger partial charge >= 0.3 is 6.09 Å². The standard InChI is InChI=1S/C21H21ClN4O3/c1-14-11-24-26(2)19(14)20(27)23-12-15-5-9-18(10-6-15)25-21(28)29-13-16-3-7-17(22)8-4-16/h3-11H,12-13H2,1-2H3,(H,23,27)(H,25,28). The molecule has 1 heterocycles. The molecular weight excluding hydrogens is 392 g/mol. The molecule has 0 saturated heterocycles. The number of nitrogens with zero attached hydrogens (tertiary/aromatic N) is 2. The molecule has 3 rings (SSSR count). The highest BCUT2D eigenvalue weighted by Crippen LogP contribution is 2.13. The molecule has 8 heteroatoms. The largest absolute Gasteiger partial charge is 0.444 e. The van der Waals surface area contributed by atoms with Gasteiger partial charge < -0.3 is 10.1 Å². The summed E-state index contributed by atoms with van der Waals surface area (Å²) in [5.41, 5.74) is 3.70. The Morgan fingerprint density at radius 2 is 1.72 bits per heavy atom. The van der Waals surface area contributed by atoms with Crippen molar-refractivity contribution in [1.82, 2.24) is 15.1 Å². The van der Waals surface area contributed by atoms with Crippen LogP contribution in [0.5, 0.6) is 0 Å². The van der Waals surface area contributed by atoms with Gasteiger partial charge in [0.1, 0.15) is 12.3 Å². The van der Waals surface area contributed by atoms with Crippen molar-refractivity contribution in [2.45, 2.75) is 20.1 Å². The van der Waals surface area contributed by atoms with Crippen LogP contribution >= 0.6 is 11.6 Å². The minimum Gasteiger partial charge on any atom is -0.444 e. The van der Waals surface area contributed by atoms with Crippen molar-refractivity contribution in [2.75, 3.05) is 5.32 Å². The molecule has 2 N–H and O–H groups in total. The summed E-state index contributed by atoms with van der Waals surface area (Å²) in [5.74, 6) is -0.185. The quantitative estimate of drug-likeness (QED) is 0.639. The Kier molecular flexibility index (Phi) is 6.51. The smallest absolute Gasteiger partial charge is 0.411 e. The van der Waals surface area contributed by atoms with Crippen LogP contribution in [0.25, 0.3) is 0 Å². The van der Waals surface area contributed by atoms with E-state index < -0.39 is 6.09 Å². The van der Waals surface area contributed by atoms with E-state index in [1.165, 1.54) is 0 Å². The maximum Gasteiger partial charge on any atom is 0.411 e. The van der Waals surface area contributed by atoms with Gasteiger partial charge in [0.2, 0.25) is 0 Å². The summed E-state index contributed by atoms with van der Waals surface area (Å²) < 4.78 is 6.74. The minimum atomic E-state index is -0.548. The van der Waals surface area contributed by atoms with Crippen LogP contribution in [0.3, 0.4) is 0 Å². The first-order valence-corrected chi connectivity index (χ1v) is 9.34. The highest BCUT2D eigenvalue weighted by Gasteiger charge is 2.13. The number of hydrogen-bond acceptors (Lipinski definition) is 4. The predicted octanol–water partition coefficient (Wildman–Crippen LogP) is 4.06. The van der Waals surface area contributed by atoms with Gasteiger partial charge in [-0.15, -0.1) is 0 Å². The summed E-state index contributed by atoms with van der Waals surface area (Å²) in [6, 6.07) is 14.2. The molecule has 0 aliphatic rings. The average molecular weight is 413 g/mol. The number of hydrogen-bond donors (Lipinski definition) is 2. The van der Waals surface area contributed by atoms with E-state index >= 15 is 0 Å². The molecule has 7 nitrogen and oxygen atoms in total. The van der Waals surface area contributed by atoms with Crippen LogP contribution in [0.4, 0.5) is 10.5 Å². The van der Waals surface area contributed by atoms with Crippen LogP contribution in [0.2, 0.25) is 5.02 Å². The van der Waals surface area contributed by atoms with E-state index in [2.05, 4.69) is 15.7 Å². The molecule has 0 radical (unpaired) electrons. The fourth-order valence-electron chi connectivity index (χ4n) is 2.73. The zero-order valence-electron chi connectivity index (χ0n) is 16.1. The lowest BCUT2D eigenvalue weighted by Crippen LogP contribution is -2.25. The Labute approximate surface area is 173 Å². The summed E-state index contributed by atoms with van der Waals surface area (Å²) in [5, 5.41) is 10.2. The molecule has 0 fully saturated rings. The third-order valence-electron chi connectivity index (χ3n) is 4.27. The Morgan fingerprint density at radius 3 is 2.34 bits per heavy atom. The zero-order chi connectivity index (χ0) is 20.8. The molecule has 150 valence electrons. The third-order valence-corrected chi connectivity index (χ3v) is 4.53. The van der Waals surface area contributed by atoms with Crippen molar-refractivity contribution in [3.63, 3.8) is 0 Å². The number of rotatable bonds is 6. The van der Waals surface area contributed by atoms with E-state index in [-0.39, 0.29) is 12.5 Å². The van der Waals surface area contributed by atoms with Crippen LogP contribution in [0.1, 0.15) is 27.2 Å². The molecule has 0 atom stereocenters. The third kappa shape index (κ3) is 5.58. The lowest BCUT2D eigenvalue weighted by molar-refractivity contribution is 0.0940. The molecule has 0 spiro atoms. The topological polar surface area (TPSA) is 85.3 Å². The number of nitrogens with one attached hydrogen (secondary N) is 2. The van der Waals surface area contributed by atoms with E-state index in [1.54, 1.807) is 54.3 Å². The molecule has 2 aromatic carbocycles. The van der Waals surface area contributed by atoms with Crippen LogP contribution in [0, 0.1) is 6.92 Å². The summed E-state index contributed by atoms with van der Waals surface area (Å²) in [6.45, 7) is 2.36. The number of halogens is 1. The number of benzene rings is 2. The molecular formula is C21H21ClN4O3. The number of aryl methyl sites for hydroxylation is 2. The first-order valence-electron chi connectivity index (χ1n) is 8.96. The summed E-state index contributed by atoms with van der Waals surface area (Å²) >= 11 is 5.83. The molecule has 0 aliphatic heterocycles. The van der Waals surface area contributed by atoms with Crippen LogP contribution in [-0.4, -0.2) is 21.8 Å². The molecule has 0 saturated carbocycles. The van der Waals surface area contributed by atoms with Crippen LogP contribution in [0.15, 0.2) is 54.7 Å². The van der Waals surface area contributed by atoms with Crippen molar-refractivity contribution in [2.24, 2.45) is 7.05 Å². The van der Waals surface area contributed by atoms with E-state index in [4.69, 9.17) is 16.3 Å². The highest BCUT2D eigenvalue weighted by molar-refractivity contribution is 6.30. The van der Waals surface area contributed by atoms with E-state index in [1.807, 2.05) is 19.1 Å². The number of carbonyl (C=O) groups excluding carboxylic acids is 2.